The minimum absolute atomic E-state index is 0.0639. The molecule has 0 aliphatic heterocycles. The summed E-state index contributed by atoms with van der Waals surface area (Å²) in [4.78, 5) is 13.5. The Hall–Kier alpha value is -1.78. The van der Waals surface area contributed by atoms with Crippen LogP contribution in [0.25, 0.3) is 0 Å². The van der Waals surface area contributed by atoms with Crippen molar-refractivity contribution in [3.63, 3.8) is 0 Å². The fraction of sp³-hybridized carbons (Fsp3) is 0.526. The van der Waals surface area contributed by atoms with Gasteiger partial charge in [-0.3, -0.25) is 4.79 Å². The van der Waals surface area contributed by atoms with Crippen molar-refractivity contribution in [3.05, 3.63) is 28.2 Å². The number of rotatable bonds is 7. The standard InChI is InChI=1S/C19H24N4OS2/c1-3-11-20-18(24)14(2)26-19-22-21-17(13-16-10-7-12-25-16)23(19)15-8-5-4-6-9-15/h1,7,10,12,14-15H,4-6,8-9,11,13H2,2H3,(H,20,24). The SMILES string of the molecule is C#CCNC(=O)C(C)Sc1nnc(Cc2cccs2)n1C1CCCCC1. The first-order valence-electron chi connectivity index (χ1n) is 9.03. The summed E-state index contributed by atoms with van der Waals surface area (Å²) in [6.07, 6.45) is 12.1. The lowest BCUT2D eigenvalue weighted by Gasteiger charge is -2.26. The zero-order chi connectivity index (χ0) is 18.4. The molecule has 1 aliphatic rings. The van der Waals surface area contributed by atoms with Crippen LogP contribution < -0.4 is 5.32 Å². The molecule has 0 spiro atoms. The van der Waals surface area contributed by atoms with Crippen LogP contribution in [0.3, 0.4) is 0 Å². The minimum Gasteiger partial charge on any atom is -0.344 e. The van der Waals surface area contributed by atoms with Crippen molar-refractivity contribution in [1.29, 1.82) is 0 Å². The first-order chi connectivity index (χ1) is 12.7. The number of nitrogens with zero attached hydrogens (tertiary/aromatic N) is 3. The molecule has 0 saturated heterocycles. The normalized spacial score (nSPS) is 16.2. The molecule has 3 rings (SSSR count). The Labute approximate surface area is 163 Å². The molecule has 0 aromatic carbocycles. The predicted octanol–water partition coefficient (Wildman–Crippen LogP) is 3.67. The number of thiophene rings is 1. The van der Waals surface area contributed by atoms with Crippen molar-refractivity contribution in [2.24, 2.45) is 0 Å². The van der Waals surface area contributed by atoms with Crippen LogP contribution in [0, 0.1) is 12.3 Å². The second-order valence-corrected chi connectivity index (χ2v) is 8.84. The topological polar surface area (TPSA) is 59.8 Å². The molecule has 1 N–H and O–H groups in total. The highest BCUT2D eigenvalue weighted by molar-refractivity contribution is 8.00. The number of carbonyl (C=O) groups excluding carboxylic acids is 1. The fourth-order valence-corrected chi connectivity index (χ4v) is 4.94. The van der Waals surface area contributed by atoms with Gasteiger partial charge in [0, 0.05) is 17.3 Å². The van der Waals surface area contributed by atoms with Gasteiger partial charge >= 0.3 is 0 Å². The number of carbonyl (C=O) groups is 1. The molecule has 5 nitrogen and oxygen atoms in total. The van der Waals surface area contributed by atoms with Gasteiger partial charge in [-0.15, -0.1) is 28.0 Å². The Morgan fingerprint density at radius 2 is 2.27 bits per heavy atom. The molecule has 1 unspecified atom stereocenters. The summed E-state index contributed by atoms with van der Waals surface area (Å²) >= 11 is 3.21. The van der Waals surface area contributed by atoms with E-state index >= 15 is 0 Å². The number of thioether (sulfide) groups is 1. The van der Waals surface area contributed by atoms with E-state index in [0.29, 0.717) is 6.04 Å². The van der Waals surface area contributed by atoms with Gasteiger partial charge in [-0.1, -0.05) is 43.0 Å². The maximum atomic E-state index is 12.2. The average Bonchev–Trinajstić information content (AvgIpc) is 3.31. The maximum Gasteiger partial charge on any atom is 0.234 e. The average molecular weight is 389 g/mol. The van der Waals surface area contributed by atoms with Crippen LogP contribution in [0.2, 0.25) is 0 Å². The Morgan fingerprint density at radius 3 is 2.96 bits per heavy atom. The first-order valence-corrected chi connectivity index (χ1v) is 10.8. The van der Waals surface area contributed by atoms with Gasteiger partial charge in [0.05, 0.1) is 11.8 Å². The molecule has 7 heteroatoms. The van der Waals surface area contributed by atoms with Gasteiger partial charge in [0.25, 0.3) is 0 Å². The van der Waals surface area contributed by atoms with Gasteiger partial charge in [-0.05, 0) is 31.2 Å². The number of hydrogen-bond acceptors (Lipinski definition) is 5. The molecule has 2 heterocycles. The van der Waals surface area contributed by atoms with Crippen LogP contribution in [0.5, 0.6) is 0 Å². The lowest BCUT2D eigenvalue weighted by Crippen LogP contribution is -2.31. The van der Waals surface area contributed by atoms with Crippen molar-refractivity contribution in [1.82, 2.24) is 20.1 Å². The van der Waals surface area contributed by atoms with E-state index in [1.165, 1.54) is 35.9 Å². The molecule has 138 valence electrons. The number of hydrogen-bond donors (Lipinski definition) is 1. The Kier molecular flexibility index (Phi) is 6.75. The summed E-state index contributed by atoms with van der Waals surface area (Å²) in [7, 11) is 0. The smallest absolute Gasteiger partial charge is 0.234 e. The van der Waals surface area contributed by atoms with Crippen LogP contribution in [-0.4, -0.2) is 32.5 Å². The third kappa shape index (κ3) is 4.68. The largest absolute Gasteiger partial charge is 0.344 e. The Morgan fingerprint density at radius 1 is 1.46 bits per heavy atom. The number of nitrogens with one attached hydrogen (secondary N) is 1. The molecule has 1 amide bonds. The third-order valence-electron chi connectivity index (χ3n) is 4.60. The van der Waals surface area contributed by atoms with E-state index in [1.54, 1.807) is 11.3 Å². The maximum absolute atomic E-state index is 12.2. The van der Waals surface area contributed by atoms with Crippen molar-refractivity contribution in [2.75, 3.05) is 6.54 Å². The molecule has 26 heavy (non-hydrogen) atoms. The third-order valence-corrected chi connectivity index (χ3v) is 6.54. The van der Waals surface area contributed by atoms with Gasteiger partial charge in [-0.2, -0.15) is 0 Å². The lowest BCUT2D eigenvalue weighted by atomic mass is 9.95. The molecule has 1 saturated carbocycles. The molecular weight excluding hydrogens is 364 g/mol. The van der Waals surface area contributed by atoms with Gasteiger partial charge in [0.2, 0.25) is 5.91 Å². The highest BCUT2D eigenvalue weighted by Crippen LogP contribution is 2.34. The minimum atomic E-state index is -0.260. The van der Waals surface area contributed by atoms with Crippen LogP contribution in [0.15, 0.2) is 22.7 Å². The number of terminal acetylenes is 1. The van der Waals surface area contributed by atoms with Crippen LogP contribution >= 0.6 is 23.1 Å². The molecular formula is C19H24N4OS2. The van der Waals surface area contributed by atoms with Crippen molar-refractivity contribution >= 4 is 29.0 Å². The molecule has 2 aromatic heterocycles. The van der Waals surface area contributed by atoms with E-state index in [2.05, 4.69) is 43.5 Å². The predicted molar refractivity (Wildman–Crippen MR) is 106 cm³/mol. The van der Waals surface area contributed by atoms with E-state index in [0.717, 1.165) is 30.2 Å². The highest BCUT2D eigenvalue weighted by atomic mass is 32.2. The van der Waals surface area contributed by atoms with Crippen LogP contribution in [0.1, 0.15) is 55.8 Å². The van der Waals surface area contributed by atoms with Crippen LogP contribution in [0.4, 0.5) is 0 Å². The van der Waals surface area contributed by atoms with Gasteiger partial charge in [0.15, 0.2) is 5.16 Å². The quantitative estimate of drug-likeness (QED) is 0.581. The lowest BCUT2D eigenvalue weighted by molar-refractivity contribution is -0.120. The van der Waals surface area contributed by atoms with Crippen molar-refractivity contribution in [3.8, 4) is 12.3 Å². The molecule has 2 aromatic rings. The second-order valence-electron chi connectivity index (χ2n) is 6.50. The highest BCUT2D eigenvalue weighted by Gasteiger charge is 2.25. The summed E-state index contributed by atoms with van der Waals surface area (Å²) in [6, 6.07) is 4.62. The Balaban J connectivity index is 1.80. The molecule has 1 atom stereocenters. The Bertz CT molecular complexity index is 757. The molecule has 1 fully saturated rings. The number of amides is 1. The number of aromatic nitrogens is 3. The van der Waals surface area contributed by atoms with E-state index in [4.69, 9.17) is 6.42 Å². The zero-order valence-corrected chi connectivity index (χ0v) is 16.6. The van der Waals surface area contributed by atoms with Crippen molar-refractivity contribution < 1.29 is 4.79 Å². The first kappa shape index (κ1) is 19.0. The van der Waals surface area contributed by atoms with Gasteiger partial charge < -0.3 is 9.88 Å². The fourth-order valence-electron chi connectivity index (χ4n) is 3.28. The molecule has 0 radical (unpaired) electrons. The molecule has 0 bridgehead atoms. The van der Waals surface area contributed by atoms with Gasteiger partial charge in [-0.25, -0.2) is 0 Å². The van der Waals surface area contributed by atoms with E-state index in [9.17, 15) is 4.79 Å². The van der Waals surface area contributed by atoms with Crippen LogP contribution in [-0.2, 0) is 11.2 Å². The summed E-state index contributed by atoms with van der Waals surface area (Å²) in [5.74, 6) is 3.37. The summed E-state index contributed by atoms with van der Waals surface area (Å²) < 4.78 is 2.29. The van der Waals surface area contributed by atoms with E-state index < -0.39 is 0 Å². The zero-order valence-electron chi connectivity index (χ0n) is 15.0. The van der Waals surface area contributed by atoms with E-state index in [-0.39, 0.29) is 17.7 Å². The van der Waals surface area contributed by atoms with Gasteiger partial charge in [0.1, 0.15) is 5.82 Å². The summed E-state index contributed by atoms with van der Waals surface area (Å²) in [6.45, 7) is 2.14. The monoisotopic (exact) mass is 388 g/mol. The molecule has 1 aliphatic carbocycles. The second kappa shape index (κ2) is 9.24. The van der Waals surface area contributed by atoms with Crippen molar-refractivity contribution in [2.45, 2.75) is 61.9 Å². The van der Waals surface area contributed by atoms with E-state index in [1.807, 2.05) is 6.92 Å². The summed E-state index contributed by atoms with van der Waals surface area (Å²) in [5, 5.41) is 14.3. The summed E-state index contributed by atoms with van der Waals surface area (Å²) in [5.41, 5.74) is 0.